The Bertz CT molecular complexity index is 943. The topological polar surface area (TPSA) is 109 Å². The summed E-state index contributed by atoms with van der Waals surface area (Å²) < 4.78 is 11.7. The highest BCUT2D eigenvalue weighted by Crippen LogP contribution is 2.26. The Kier molecular flexibility index (Phi) is 7.36. The van der Waals surface area contributed by atoms with Crippen LogP contribution in [0.5, 0.6) is 5.88 Å². The number of aromatic nitrogens is 3. The SMILES string of the molecule is Cc1c(N2CCC[C@H]2COCC(=O)NC2CCC(Oc3ccccn3)CC2)cn[nH]c1=O. The Hall–Kier alpha value is -2.94. The van der Waals surface area contributed by atoms with E-state index in [2.05, 4.69) is 25.4 Å². The van der Waals surface area contributed by atoms with E-state index in [0.717, 1.165) is 50.8 Å². The van der Waals surface area contributed by atoms with Crippen LogP contribution in [0, 0.1) is 6.92 Å². The Morgan fingerprint density at radius 3 is 2.88 bits per heavy atom. The normalized spacial score (nSPS) is 23.2. The zero-order valence-corrected chi connectivity index (χ0v) is 18.5. The van der Waals surface area contributed by atoms with E-state index >= 15 is 0 Å². The first-order valence-electron chi connectivity index (χ1n) is 11.4. The van der Waals surface area contributed by atoms with Crippen molar-refractivity contribution in [3.63, 3.8) is 0 Å². The highest BCUT2D eigenvalue weighted by atomic mass is 16.5. The fraction of sp³-hybridized carbons (Fsp3) is 0.565. The van der Waals surface area contributed by atoms with Gasteiger partial charge in [-0.25, -0.2) is 10.1 Å². The van der Waals surface area contributed by atoms with Crippen molar-refractivity contribution in [3.8, 4) is 5.88 Å². The summed E-state index contributed by atoms with van der Waals surface area (Å²) in [5, 5.41) is 9.48. The van der Waals surface area contributed by atoms with Crippen LogP contribution in [-0.2, 0) is 9.53 Å². The Morgan fingerprint density at radius 2 is 2.09 bits per heavy atom. The summed E-state index contributed by atoms with van der Waals surface area (Å²) in [5.41, 5.74) is 1.33. The molecule has 0 unspecified atom stereocenters. The van der Waals surface area contributed by atoms with Gasteiger partial charge in [-0.3, -0.25) is 9.59 Å². The molecule has 1 saturated heterocycles. The van der Waals surface area contributed by atoms with Gasteiger partial charge in [-0.05, 0) is 51.5 Å². The van der Waals surface area contributed by atoms with Gasteiger partial charge in [0.2, 0.25) is 11.8 Å². The molecule has 0 aromatic carbocycles. The molecule has 1 amide bonds. The van der Waals surface area contributed by atoms with E-state index in [1.807, 2.05) is 18.2 Å². The van der Waals surface area contributed by atoms with Gasteiger partial charge in [-0.1, -0.05) is 6.07 Å². The van der Waals surface area contributed by atoms with Crippen LogP contribution in [0.25, 0.3) is 0 Å². The van der Waals surface area contributed by atoms with E-state index in [1.165, 1.54) is 0 Å². The van der Waals surface area contributed by atoms with E-state index in [-0.39, 0.29) is 36.3 Å². The fourth-order valence-corrected chi connectivity index (χ4v) is 4.53. The minimum absolute atomic E-state index is 0.0430. The number of H-pyrrole nitrogens is 1. The first kappa shape index (κ1) is 22.3. The number of anilines is 1. The number of rotatable bonds is 8. The second kappa shape index (κ2) is 10.6. The lowest BCUT2D eigenvalue weighted by atomic mass is 9.93. The van der Waals surface area contributed by atoms with Gasteiger partial charge >= 0.3 is 0 Å². The van der Waals surface area contributed by atoms with Gasteiger partial charge in [0.15, 0.2) is 0 Å². The van der Waals surface area contributed by atoms with Crippen molar-refractivity contribution in [3.05, 3.63) is 46.5 Å². The molecule has 1 saturated carbocycles. The molecule has 172 valence electrons. The molecule has 1 aliphatic carbocycles. The van der Waals surface area contributed by atoms with Crippen LogP contribution in [0.3, 0.4) is 0 Å². The largest absolute Gasteiger partial charge is 0.474 e. The number of pyridine rings is 1. The monoisotopic (exact) mass is 441 g/mol. The number of carbonyl (C=O) groups excluding carboxylic acids is 1. The molecule has 9 heteroatoms. The molecule has 2 fully saturated rings. The smallest absolute Gasteiger partial charge is 0.269 e. The first-order chi connectivity index (χ1) is 15.6. The molecular weight excluding hydrogens is 410 g/mol. The molecule has 1 aliphatic heterocycles. The zero-order valence-electron chi connectivity index (χ0n) is 18.5. The van der Waals surface area contributed by atoms with Gasteiger partial charge in [0.1, 0.15) is 12.7 Å². The lowest BCUT2D eigenvalue weighted by molar-refractivity contribution is -0.126. The lowest BCUT2D eigenvalue weighted by Crippen LogP contribution is -2.42. The molecule has 1 atom stereocenters. The third kappa shape index (κ3) is 5.64. The van der Waals surface area contributed by atoms with Crippen molar-refractivity contribution < 1.29 is 14.3 Å². The number of nitrogens with zero attached hydrogens (tertiary/aromatic N) is 3. The quantitative estimate of drug-likeness (QED) is 0.644. The summed E-state index contributed by atoms with van der Waals surface area (Å²) in [6, 6.07) is 5.94. The molecule has 0 radical (unpaired) electrons. The van der Waals surface area contributed by atoms with Gasteiger partial charge in [-0.2, -0.15) is 5.10 Å². The summed E-state index contributed by atoms with van der Waals surface area (Å²) in [5.74, 6) is 0.568. The number of amides is 1. The minimum Gasteiger partial charge on any atom is -0.474 e. The Labute approximate surface area is 187 Å². The average Bonchev–Trinajstić information content (AvgIpc) is 3.26. The highest BCUT2D eigenvalue weighted by Gasteiger charge is 2.28. The van der Waals surface area contributed by atoms with Crippen LogP contribution >= 0.6 is 0 Å². The second-order valence-corrected chi connectivity index (χ2v) is 8.54. The minimum atomic E-state index is -0.173. The van der Waals surface area contributed by atoms with Crippen LogP contribution in [-0.4, -0.2) is 59.0 Å². The summed E-state index contributed by atoms with van der Waals surface area (Å²) in [7, 11) is 0. The third-order valence-electron chi connectivity index (χ3n) is 6.27. The summed E-state index contributed by atoms with van der Waals surface area (Å²) >= 11 is 0. The molecule has 2 N–H and O–H groups in total. The maximum absolute atomic E-state index is 12.4. The van der Waals surface area contributed by atoms with E-state index in [4.69, 9.17) is 9.47 Å². The van der Waals surface area contributed by atoms with Crippen molar-refractivity contribution in [1.29, 1.82) is 0 Å². The van der Waals surface area contributed by atoms with Crippen molar-refractivity contribution in [2.24, 2.45) is 0 Å². The fourth-order valence-electron chi connectivity index (χ4n) is 4.53. The maximum Gasteiger partial charge on any atom is 0.269 e. The van der Waals surface area contributed by atoms with Crippen LogP contribution in [0.15, 0.2) is 35.4 Å². The molecule has 9 nitrogen and oxygen atoms in total. The van der Waals surface area contributed by atoms with Crippen molar-refractivity contribution in [1.82, 2.24) is 20.5 Å². The standard InChI is InChI=1S/C23H31N5O4/c1-16-20(13-25-27-23(16)30)28-12-4-5-18(28)14-31-15-21(29)26-17-7-9-19(10-8-17)32-22-6-2-3-11-24-22/h2-3,6,11,13,17-19H,4-5,7-10,12,14-15H2,1H3,(H,26,29)(H,27,30)/t17?,18-,19?/m0/s1. The van der Waals surface area contributed by atoms with E-state index in [9.17, 15) is 9.59 Å². The number of aromatic amines is 1. The van der Waals surface area contributed by atoms with Gasteiger partial charge in [0.25, 0.3) is 5.56 Å². The van der Waals surface area contributed by atoms with Crippen molar-refractivity contribution in [2.75, 3.05) is 24.7 Å². The molecule has 0 spiro atoms. The third-order valence-corrected chi connectivity index (χ3v) is 6.27. The highest BCUT2D eigenvalue weighted by molar-refractivity contribution is 5.77. The molecule has 2 aliphatic rings. The van der Waals surface area contributed by atoms with E-state index in [0.29, 0.717) is 18.1 Å². The molecule has 3 heterocycles. The van der Waals surface area contributed by atoms with Gasteiger partial charge < -0.3 is 19.7 Å². The number of ether oxygens (including phenoxy) is 2. The summed E-state index contributed by atoms with van der Waals surface area (Å²) in [4.78, 5) is 30.6. The molecule has 4 rings (SSSR count). The van der Waals surface area contributed by atoms with Gasteiger partial charge in [0.05, 0.1) is 24.5 Å². The molecule has 2 aromatic heterocycles. The average molecular weight is 442 g/mol. The van der Waals surface area contributed by atoms with Crippen molar-refractivity contribution in [2.45, 2.75) is 63.6 Å². The van der Waals surface area contributed by atoms with E-state index in [1.54, 1.807) is 19.3 Å². The second-order valence-electron chi connectivity index (χ2n) is 8.54. The number of hydrogen-bond donors (Lipinski definition) is 2. The van der Waals surface area contributed by atoms with Crippen LogP contribution < -0.4 is 20.5 Å². The van der Waals surface area contributed by atoms with Gasteiger partial charge in [0, 0.05) is 30.4 Å². The van der Waals surface area contributed by atoms with Gasteiger partial charge in [-0.15, -0.1) is 0 Å². The number of hydrogen-bond acceptors (Lipinski definition) is 7. The first-order valence-corrected chi connectivity index (χ1v) is 11.4. The number of nitrogens with one attached hydrogen (secondary N) is 2. The molecule has 0 bridgehead atoms. The molecule has 32 heavy (non-hydrogen) atoms. The Morgan fingerprint density at radius 1 is 1.25 bits per heavy atom. The van der Waals surface area contributed by atoms with E-state index < -0.39 is 0 Å². The predicted octanol–water partition coefficient (Wildman–Crippen LogP) is 1.97. The number of carbonyl (C=O) groups is 1. The zero-order chi connectivity index (χ0) is 22.3. The molecular formula is C23H31N5O4. The lowest BCUT2D eigenvalue weighted by Gasteiger charge is -2.29. The molecule has 2 aromatic rings. The van der Waals surface area contributed by atoms with Crippen LogP contribution in [0.2, 0.25) is 0 Å². The Balaban J connectivity index is 1.17. The predicted molar refractivity (Wildman–Crippen MR) is 120 cm³/mol. The van der Waals surface area contributed by atoms with Crippen LogP contribution in [0.1, 0.15) is 44.1 Å². The summed E-state index contributed by atoms with van der Waals surface area (Å²) in [6.45, 7) is 3.15. The maximum atomic E-state index is 12.4. The van der Waals surface area contributed by atoms with Crippen LogP contribution in [0.4, 0.5) is 5.69 Å². The van der Waals surface area contributed by atoms with Crippen molar-refractivity contribution >= 4 is 11.6 Å². The summed E-state index contributed by atoms with van der Waals surface area (Å²) in [6.07, 6.45) is 9.10.